The van der Waals surface area contributed by atoms with E-state index in [4.69, 9.17) is 25.8 Å². The highest BCUT2D eigenvalue weighted by Gasteiger charge is 2.30. The van der Waals surface area contributed by atoms with Gasteiger partial charge in [-0.15, -0.1) is 0 Å². The molecule has 0 aliphatic carbocycles. The molecular weight excluding hydrogens is 556 g/mol. The maximum absolute atomic E-state index is 13.0. The number of nitriles is 1. The second-order valence-electron chi connectivity index (χ2n) is 10.6. The quantitative estimate of drug-likeness (QED) is 0.269. The molecule has 2 N–H and O–H groups in total. The van der Waals surface area contributed by atoms with Crippen molar-refractivity contribution in [1.82, 2.24) is 20.2 Å². The summed E-state index contributed by atoms with van der Waals surface area (Å²) < 4.78 is 17.2. The van der Waals surface area contributed by atoms with Crippen LogP contribution in [0.2, 0.25) is 5.02 Å². The van der Waals surface area contributed by atoms with Gasteiger partial charge in [0.1, 0.15) is 18.4 Å². The minimum absolute atomic E-state index is 0.218. The van der Waals surface area contributed by atoms with Crippen LogP contribution in [0.25, 0.3) is 10.9 Å². The first-order valence-corrected chi connectivity index (χ1v) is 13.8. The second kappa shape index (κ2) is 12.1. The third-order valence-corrected chi connectivity index (χ3v) is 7.31. The van der Waals surface area contributed by atoms with Crippen LogP contribution in [-0.4, -0.2) is 53.2 Å². The first-order valence-electron chi connectivity index (χ1n) is 13.4. The van der Waals surface area contributed by atoms with Crippen molar-refractivity contribution in [1.29, 1.82) is 5.26 Å². The van der Waals surface area contributed by atoms with E-state index in [0.29, 0.717) is 70.6 Å². The molecular formula is C31H31ClN6O4. The number of rotatable bonds is 7. The molecule has 1 amide bonds. The Morgan fingerprint density at radius 2 is 2.05 bits per heavy atom. The lowest BCUT2D eigenvalue weighted by Gasteiger charge is -2.38. The molecule has 4 aromatic rings. The summed E-state index contributed by atoms with van der Waals surface area (Å²) in [5.74, 6) is 1.14. The summed E-state index contributed by atoms with van der Waals surface area (Å²) in [5.41, 5.74) is 3.52. The summed E-state index contributed by atoms with van der Waals surface area (Å²) in [6.07, 6.45) is 2.72. The molecule has 1 saturated heterocycles. The van der Waals surface area contributed by atoms with Crippen LogP contribution in [0.1, 0.15) is 30.7 Å². The van der Waals surface area contributed by atoms with E-state index in [9.17, 15) is 10.1 Å². The molecule has 1 aliphatic rings. The molecule has 0 radical (unpaired) electrons. The summed E-state index contributed by atoms with van der Waals surface area (Å²) in [6, 6.07) is 14.6. The molecule has 42 heavy (non-hydrogen) atoms. The van der Waals surface area contributed by atoms with E-state index in [1.54, 1.807) is 41.4 Å². The van der Waals surface area contributed by atoms with E-state index in [0.717, 1.165) is 11.3 Å². The highest BCUT2D eigenvalue weighted by atomic mass is 35.5. The van der Waals surface area contributed by atoms with E-state index in [1.807, 2.05) is 32.9 Å². The molecule has 10 nitrogen and oxygen atoms in total. The van der Waals surface area contributed by atoms with Gasteiger partial charge in [0.05, 0.1) is 40.3 Å². The fourth-order valence-corrected chi connectivity index (χ4v) is 4.98. The summed E-state index contributed by atoms with van der Waals surface area (Å²) in [6.45, 7) is 8.06. The predicted octanol–water partition coefficient (Wildman–Crippen LogP) is 5.98. The zero-order chi connectivity index (χ0) is 29.9. The monoisotopic (exact) mass is 586 g/mol. The number of fused-ring (bicyclic) bond motifs is 1. The molecule has 11 heteroatoms. The number of carbonyl (C=O) groups is 1. The molecule has 0 unspecified atom stereocenters. The van der Waals surface area contributed by atoms with Gasteiger partial charge < -0.3 is 29.7 Å². The molecule has 0 atom stereocenters. The number of amides is 1. The first kappa shape index (κ1) is 28.9. The van der Waals surface area contributed by atoms with Crippen LogP contribution in [0.5, 0.6) is 17.2 Å². The Morgan fingerprint density at radius 3 is 2.76 bits per heavy atom. The number of methoxy groups -OCH3 is 1. The van der Waals surface area contributed by atoms with Gasteiger partial charge in [0, 0.05) is 55.1 Å². The average Bonchev–Trinajstić information content (AvgIpc) is 2.97. The Kier molecular flexibility index (Phi) is 8.34. The number of aryl methyl sites for hydroxylation is 1. The van der Waals surface area contributed by atoms with E-state index >= 15 is 0 Å². The number of nitrogens with zero attached hydrogens (tertiary/aromatic N) is 4. The van der Waals surface area contributed by atoms with Crippen LogP contribution in [0.3, 0.4) is 0 Å². The van der Waals surface area contributed by atoms with E-state index in [1.165, 1.54) is 13.3 Å². The molecule has 2 aromatic carbocycles. The van der Waals surface area contributed by atoms with Crippen LogP contribution in [-0.2, 0) is 6.61 Å². The first-order chi connectivity index (χ1) is 20.2. The van der Waals surface area contributed by atoms with Gasteiger partial charge in [-0.05, 0) is 50.6 Å². The number of ether oxygens (including phenoxy) is 3. The maximum atomic E-state index is 13.0. The fraction of sp³-hybridized carbons (Fsp3) is 0.290. The number of carbonyl (C=O) groups excluding carboxylic acids is 1. The Bertz CT molecular complexity index is 1690. The van der Waals surface area contributed by atoms with Gasteiger partial charge in [0.25, 0.3) is 0 Å². The molecule has 2 aromatic heterocycles. The van der Waals surface area contributed by atoms with Crippen LogP contribution >= 0.6 is 11.6 Å². The van der Waals surface area contributed by atoms with E-state index < -0.39 is 6.09 Å². The van der Waals surface area contributed by atoms with Gasteiger partial charge in [-0.3, -0.25) is 9.97 Å². The molecule has 3 heterocycles. The van der Waals surface area contributed by atoms with Gasteiger partial charge in [-0.2, -0.15) is 5.26 Å². The molecule has 0 spiro atoms. The lowest BCUT2D eigenvalue weighted by Crippen LogP contribution is -2.58. The fourth-order valence-electron chi connectivity index (χ4n) is 4.76. The lowest BCUT2D eigenvalue weighted by atomic mass is 10.0. The van der Waals surface area contributed by atoms with Crippen molar-refractivity contribution in [3.63, 3.8) is 0 Å². The number of aromatic nitrogens is 2. The zero-order valence-corrected chi connectivity index (χ0v) is 24.6. The summed E-state index contributed by atoms with van der Waals surface area (Å²) in [7, 11) is 1.49. The third kappa shape index (κ3) is 6.33. The molecule has 0 saturated carbocycles. The largest absolute Gasteiger partial charge is 0.493 e. The molecule has 5 rings (SSSR count). The van der Waals surface area contributed by atoms with Gasteiger partial charge in [-0.1, -0.05) is 17.7 Å². The van der Waals surface area contributed by atoms with Gasteiger partial charge in [0.2, 0.25) is 0 Å². The van der Waals surface area contributed by atoms with Gasteiger partial charge in [-0.25, -0.2) is 4.79 Å². The number of pyridine rings is 2. The smallest absolute Gasteiger partial charge is 0.415 e. The molecule has 1 fully saturated rings. The number of halogens is 1. The molecule has 216 valence electrons. The van der Waals surface area contributed by atoms with Crippen molar-refractivity contribution in [3.8, 4) is 23.3 Å². The standard InChI is InChI=1S/C31H31ClN6O4/c1-19-6-5-9-34-26(19)17-41-21-7-8-24(23(32)12-21)37-29-20(15-33)16-35-25-14-28(27(40-4)13-22(25)29)42-30(39)38-11-10-36-31(2,3)18-38/h5-9,12-14,16,36H,10-11,17-18H2,1-4H3,(H,35,37). The average molecular weight is 587 g/mol. The van der Waals surface area contributed by atoms with Crippen LogP contribution in [0, 0.1) is 18.3 Å². The molecule has 0 bridgehead atoms. The van der Waals surface area contributed by atoms with Crippen molar-refractivity contribution < 1.29 is 19.0 Å². The van der Waals surface area contributed by atoms with Crippen molar-refractivity contribution >= 4 is 40.0 Å². The minimum atomic E-state index is -0.471. The van der Waals surface area contributed by atoms with Gasteiger partial charge >= 0.3 is 6.09 Å². The Balaban J connectivity index is 1.40. The topological polar surface area (TPSA) is 122 Å². The Morgan fingerprint density at radius 1 is 1.21 bits per heavy atom. The van der Waals surface area contributed by atoms with Crippen molar-refractivity contribution in [2.24, 2.45) is 0 Å². The summed E-state index contributed by atoms with van der Waals surface area (Å²) >= 11 is 6.63. The summed E-state index contributed by atoms with van der Waals surface area (Å²) in [4.78, 5) is 23.4. The Labute approximate surface area is 249 Å². The van der Waals surface area contributed by atoms with Crippen LogP contribution in [0.4, 0.5) is 16.2 Å². The van der Waals surface area contributed by atoms with Crippen LogP contribution in [0.15, 0.2) is 54.9 Å². The second-order valence-corrected chi connectivity index (χ2v) is 11.0. The zero-order valence-electron chi connectivity index (χ0n) is 23.8. The van der Waals surface area contributed by atoms with Gasteiger partial charge in [0.15, 0.2) is 11.5 Å². The molecule has 1 aliphatic heterocycles. The predicted molar refractivity (Wildman–Crippen MR) is 161 cm³/mol. The number of benzene rings is 2. The SMILES string of the molecule is COc1cc2c(Nc3ccc(OCc4ncccc4C)cc3Cl)c(C#N)cnc2cc1OC(=O)N1CCNC(C)(C)C1. The number of hydrogen-bond donors (Lipinski definition) is 2. The summed E-state index contributed by atoms with van der Waals surface area (Å²) in [5, 5.41) is 17.5. The number of piperazine rings is 1. The van der Waals surface area contributed by atoms with Crippen molar-refractivity contribution in [2.45, 2.75) is 32.9 Å². The number of anilines is 2. The van der Waals surface area contributed by atoms with Crippen molar-refractivity contribution in [3.05, 3.63) is 76.7 Å². The third-order valence-electron chi connectivity index (χ3n) is 6.99. The van der Waals surface area contributed by atoms with E-state index in [-0.39, 0.29) is 11.3 Å². The normalized spacial score (nSPS) is 14.2. The maximum Gasteiger partial charge on any atom is 0.415 e. The van der Waals surface area contributed by atoms with Crippen molar-refractivity contribution in [2.75, 3.05) is 32.1 Å². The van der Waals surface area contributed by atoms with Crippen LogP contribution < -0.4 is 24.8 Å². The highest BCUT2D eigenvalue weighted by Crippen LogP contribution is 2.39. The lowest BCUT2D eigenvalue weighted by molar-refractivity contribution is 0.118. The number of nitrogens with one attached hydrogen (secondary N) is 2. The number of hydrogen-bond acceptors (Lipinski definition) is 9. The Hall–Kier alpha value is -4.59. The highest BCUT2D eigenvalue weighted by molar-refractivity contribution is 6.33. The minimum Gasteiger partial charge on any atom is -0.493 e. The van der Waals surface area contributed by atoms with E-state index in [2.05, 4.69) is 26.7 Å².